The van der Waals surface area contributed by atoms with Gasteiger partial charge in [0.15, 0.2) is 11.5 Å². The third-order valence-corrected chi connectivity index (χ3v) is 5.18. The van der Waals surface area contributed by atoms with Gasteiger partial charge >= 0.3 is 6.18 Å². The lowest BCUT2D eigenvalue weighted by molar-refractivity contribution is -0.137. The van der Waals surface area contributed by atoms with Crippen molar-refractivity contribution >= 4 is 38.6 Å². The summed E-state index contributed by atoms with van der Waals surface area (Å²) in [5, 5.41) is 3.04. The van der Waals surface area contributed by atoms with Crippen LogP contribution >= 0.6 is 15.9 Å². The topological polar surface area (TPSA) is 68.4 Å². The molecule has 3 aromatic carbocycles. The van der Waals surface area contributed by atoms with Crippen LogP contribution < -0.4 is 19.5 Å². The van der Waals surface area contributed by atoms with Gasteiger partial charge in [0.2, 0.25) is 18.5 Å². The van der Waals surface area contributed by atoms with Gasteiger partial charge in [-0.05, 0) is 64.5 Å². The predicted molar refractivity (Wildman–Crippen MR) is 111 cm³/mol. The van der Waals surface area contributed by atoms with E-state index in [2.05, 4.69) is 31.2 Å². The normalized spacial score (nSPS) is 12.9. The molecule has 1 aliphatic heterocycles. The number of aromatic nitrogens is 2. The van der Waals surface area contributed by atoms with Crippen LogP contribution in [-0.4, -0.2) is 16.8 Å². The van der Waals surface area contributed by atoms with Gasteiger partial charge in [-0.3, -0.25) is 0 Å². The lowest BCUT2D eigenvalue weighted by Crippen LogP contribution is -2.04. The Hall–Kier alpha value is -3.40. The Labute approximate surface area is 182 Å². The summed E-state index contributed by atoms with van der Waals surface area (Å²) in [6, 6.07) is 14.4. The molecular formula is C21H13BrF3N3O3. The van der Waals surface area contributed by atoms with Gasteiger partial charge in [-0.1, -0.05) is 6.07 Å². The number of rotatable bonds is 4. The molecule has 0 unspecified atom stereocenters. The average Bonchev–Trinajstić information content (AvgIpc) is 3.36. The smallest absolute Gasteiger partial charge is 0.416 e. The first-order chi connectivity index (χ1) is 14.9. The highest BCUT2D eigenvalue weighted by Crippen LogP contribution is 2.42. The Kier molecular flexibility index (Phi) is 4.66. The molecule has 5 rings (SSSR count). The second kappa shape index (κ2) is 7.38. The molecule has 0 amide bonds. The number of ether oxygens (including phenoxy) is 3. The van der Waals surface area contributed by atoms with Crippen LogP contribution in [0.4, 0.5) is 24.8 Å². The molecule has 0 spiro atoms. The zero-order chi connectivity index (χ0) is 21.6. The summed E-state index contributed by atoms with van der Waals surface area (Å²) >= 11 is 3.16. The third kappa shape index (κ3) is 3.86. The number of fused-ring (bicyclic) bond motifs is 2. The minimum Gasteiger partial charge on any atom is -0.453 e. The molecule has 0 saturated heterocycles. The summed E-state index contributed by atoms with van der Waals surface area (Å²) in [5.41, 5.74) is 0.585. The molecule has 1 aromatic heterocycles. The molecule has 6 nitrogen and oxygen atoms in total. The van der Waals surface area contributed by atoms with Crippen LogP contribution in [0.15, 0.2) is 59.1 Å². The van der Waals surface area contributed by atoms with Gasteiger partial charge in [-0.15, -0.1) is 0 Å². The van der Waals surface area contributed by atoms with Crippen molar-refractivity contribution in [1.29, 1.82) is 0 Å². The fourth-order valence-corrected chi connectivity index (χ4v) is 3.70. The number of para-hydroxylation sites is 1. The van der Waals surface area contributed by atoms with Crippen LogP contribution in [0.5, 0.6) is 23.0 Å². The zero-order valence-electron chi connectivity index (χ0n) is 15.6. The van der Waals surface area contributed by atoms with Gasteiger partial charge in [0.05, 0.1) is 11.1 Å². The summed E-state index contributed by atoms with van der Waals surface area (Å²) < 4.78 is 55.9. The van der Waals surface area contributed by atoms with Gasteiger partial charge in [-0.25, -0.2) is 4.98 Å². The molecule has 2 heterocycles. The van der Waals surface area contributed by atoms with Crippen molar-refractivity contribution < 1.29 is 27.4 Å². The Balaban J connectivity index is 1.35. The highest BCUT2D eigenvalue weighted by molar-refractivity contribution is 9.10. The SMILES string of the molecule is FC(F)(F)c1cc(Br)c2nc(Nc3ccc(Oc4cccc5c4OCO5)cc3)[nH]c2c1. The molecule has 4 aromatic rings. The molecule has 0 radical (unpaired) electrons. The van der Waals surface area contributed by atoms with E-state index >= 15 is 0 Å². The second-order valence-electron chi connectivity index (χ2n) is 6.68. The molecule has 0 aliphatic carbocycles. The van der Waals surface area contributed by atoms with Crippen molar-refractivity contribution in [3.63, 3.8) is 0 Å². The van der Waals surface area contributed by atoms with Crippen molar-refractivity contribution in [3.8, 4) is 23.0 Å². The van der Waals surface area contributed by atoms with Crippen molar-refractivity contribution in [2.24, 2.45) is 0 Å². The number of benzene rings is 3. The first-order valence-electron chi connectivity index (χ1n) is 9.07. The Morgan fingerprint density at radius 1 is 1.06 bits per heavy atom. The number of imidazole rings is 1. The van der Waals surface area contributed by atoms with Crippen molar-refractivity contribution in [2.45, 2.75) is 6.18 Å². The number of nitrogens with one attached hydrogen (secondary N) is 2. The molecule has 158 valence electrons. The van der Waals surface area contributed by atoms with Crippen molar-refractivity contribution in [1.82, 2.24) is 9.97 Å². The van der Waals surface area contributed by atoms with E-state index in [0.29, 0.717) is 40.2 Å². The number of hydrogen-bond donors (Lipinski definition) is 2. The molecule has 0 fully saturated rings. The number of alkyl halides is 3. The fourth-order valence-electron chi connectivity index (χ4n) is 3.15. The quantitative estimate of drug-likeness (QED) is 0.336. The van der Waals surface area contributed by atoms with Crippen LogP contribution in [0.3, 0.4) is 0 Å². The Morgan fingerprint density at radius 2 is 1.87 bits per heavy atom. The van der Waals surface area contributed by atoms with Crippen molar-refractivity contribution in [3.05, 3.63) is 64.6 Å². The lowest BCUT2D eigenvalue weighted by atomic mass is 10.2. The van der Waals surface area contributed by atoms with Crippen molar-refractivity contribution in [2.75, 3.05) is 12.1 Å². The lowest BCUT2D eigenvalue weighted by Gasteiger charge is -2.09. The van der Waals surface area contributed by atoms with Gasteiger partial charge in [0.1, 0.15) is 11.3 Å². The molecule has 0 bridgehead atoms. The van der Waals surface area contributed by atoms with Crippen LogP contribution in [0.25, 0.3) is 11.0 Å². The predicted octanol–water partition coefficient (Wildman–Crippen LogP) is 6.61. The second-order valence-corrected chi connectivity index (χ2v) is 7.53. The van der Waals surface area contributed by atoms with Gasteiger partial charge in [-0.2, -0.15) is 13.2 Å². The van der Waals surface area contributed by atoms with E-state index in [1.54, 1.807) is 36.4 Å². The number of H-pyrrole nitrogens is 1. The summed E-state index contributed by atoms with van der Waals surface area (Å²) in [6.07, 6.45) is -4.44. The first-order valence-corrected chi connectivity index (χ1v) is 9.86. The summed E-state index contributed by atoms with van der Waals surface area (Å²) in [4.78, 5) is 7.18. The van der Waals surface area contributed by atoms with E-state index < -0.39 is 11.7 Å². The molecule has 0 saturated carbocycles. The van der Waals surface area contributed by atoms with Gasteiger partial charge in [0.25, 0.3) is 0 Å². The largest absolute Gasteiger partial charge is 0.453 e. The molecule has 1 aliphatic rings. The molecule has 2 N–H and O–H groups in total. The average molecular weight is 492 g/mol. The van der Waals surface area contributed by atoms with Crippen LogP contribution in [0.1, 0.15) is 5.56 Å². The molecular weight excluding hydrogens is 479 g/mol. The van der Waals surface area contributed by atoms with Gasteiger partial charge in [0, 0.05) is 10.2 Å². The molecule has 0 atom stereocenters. The highest BCUT2D eigenvalue weighted by Gasteiger charge is 2.31. The monoisotopic (exact) mass is 491 g/mol. The van der Waals surface area contributed by atoms with E-state index in [1.165, 1.54) is 0 Å². The number of halogens is 4. The van der Waals surface area contributed by atoms with Crippen LogP contribution in [0.2, 0.25) is 0 Å². The standard InChI is InChI=1S/C21H13BrF3N3O3/c22-14-8-11(21(23,24)25)9-15-18(14)28-20(27-15)26-12-4-6-13(7-5-12)31-17-3-1-2-16-19(17)30-10-29-16/h1-9H,10H2,(H2,26,27,28). The summed E-state index contributed by atoms with van der Waals surface area (Å²) in [6.45, 7) is 0.149. The third-order valence-electron chi connectivity index (χ3n) is 4.57. The molecule has 31 heavy (non-hydrogen) atoms. The fraction of sp³-hybridized carbons (Fsp3) is 0.0952. The minimum absolute atomic E-state index is 0.149. The molecule has 10 heteroatoms. The number of anilines is 2. The summed E-state index contributed by atoms with van der Waals surface area (Å²) in [5.74, 6) is 2.61. The number of nitrogens with zero attached hydrogens (tertiary/aromatic N) is 1. The first kappa shape index (κ1) is 19.6. The summed E-state index contributed by atoms with van der Waals surface area (Å²) in [7, 11) is 0. The Bertz CT molecular complexity index is 1270. The Morgan fingerprint density at radius 3 is 2.65 bits per heavy atom. The zero-order valence-corrected chi connectivity index (χ0v) is 17.2. The highest BCUT2D eigenvalue weighted by atomic mass is 79.9. The minimum atomic E-state index is -4.44. The van der Waals surface area contributed by atoms with E-state index in [9.17, 15) is 13.2 Å². The maximum absolute atomic E-state index is 13.0. The maximum atomic E-state index is 13.0. The van der Waals surface area contributed by atoms with E-state index in [0.717, 1.165) is 12.1 Å². The van der Waals surface area contributed by atoms with Gasteiger partial charge < -0.3 is 24.5 Å². The maximum Gasteiger partial charge on any atom is 0.416 e. The number of aromatic amines is 1. The number of hydrogen-bond acceptors (Lipinski definition) is 5. The van der Waals surface area contributed by atoms with E-state index in [-0.39, 0.29) is 16.8 Å². The van der Waals surface area contributed by atoms with Crippen LogP contribution in [-0.2, 0) is 6.18 Å². The van der Waals surface area contributed by atoms with Crippen LogP contribution in [0, 0.1) is 0 Å². The van der Waals surface area contributed by atoms with E-state index in [1.807, 2.05) is 6.07 Å². The van der Waals surface area contributed by atoms with E-state index in [4.69, 9.17) is 14.2 Å².